The van der Waals surface area contributed by atoms with Crippen LogP contribution in [0, 0.1) is 6.92 Å². The van der Waals surface area contributed by atoms with Crippen LogP contribution in [-0.4, -0.2) is 20.0 Å². The molecule has 192 valence electrons. The van der Waals surface area contributed by atoms with Crippen molar-refractivity contribution in [1.82, 2.24) is 0 Å². The van der Waals surface area contributed by atoms with Crippen LogP contribution >= 0.6 is 0 Å². The normalized spacial score (nSPS) is 12.4. The Labute approximate surface area is 205 Å². The van der Waals surface area contributed by atoms with E-state index < -0.39 is 34.8 Å². The first-order valence-corrected chi connectivity index (χ1v) is 11.0. The molecule has 1 N–H and O–H groups in total. The second-order valence-electron chi connectivity index (χ2n) is 9.08. The van der Waals surface area contributed by atoms with E-state index in [-0.39, 0.29) is 11.6 Å². The minimum absolute atomic E-state index is 0.0560. The van der Waals surface area contributed by atoms with Crippen LogP contribution in [0.1, 0.15) is 36.1 Å². The third-order valence-electron chi connectivity index (χ3n) is 6.23. The molecule has 0 radical (unpaired) electrons. The number of rotatable bonds is 5. The largest absolute Gasteiger partial charge is 0.416 e. The molecule has 3 aromatic rings. The molecule has 0 heterocycles. The average Bonchev–Trinajstić information content (AvgIpc) is 2.81. The number of halogens is 6. The number of hydrogen-bond donors (Lipinski definition) is 1. The molecule has 0 aliphatic rings. The molecule has 3 aromatic carbocycles. The molecule has 3 nitrogen and oxygen atoms in total. The Morgan fingerprint density at radius 1 is 0.778 bits per heavy atom. The zero-order valence-corrected chi connectivity index (χ0v) is 20.4. The van der Waals surface area contributed by atoms with Crippen molar-refractivity contribution in [3.05, 3.63) is 82.9 Å². The van der Waals surface area contributed by atoms with Gasteiger partial charge in [0, 0.05) is 25.3 Å². The third kappa shape index (κ3) is 5.34. The molecule has 0 aliphatic carbocycles. The Hall–Kier alpha value is -3.49. The van der Waals surface area contributed by atoms with Crippen molar-refractivity contribution >= 4 is 17.3 Å². The summed E-state index contributed by atoms with van der Waals surface area (Å²) in [7, 11) is 3.15. The molecule has 0 aromatic heterocycles. The van der Waals surface area contributed by atoms with Gasteiger partial charge in [0.1, 0.15) is 0 Å². The number of aryl methyl sites for hydroxylation is 1. The van der Waals surface area contributed by atoms with Crippen molar-refractivity contribution in [1.29, 1.82) is 0 Å². The Balaban J connectivity index is 2.15. The predicted molar refractivity (Wildman–Crippen MR) is 129 cm³/mol. The maximum atomic E-state index is 13.7. The quantitative estimate of drug-likeness (QED) is 0.359. The van der Waals surface area contributed by atoms with E-state index in [4.69, 9.17) is 0 Å². The summed E-state index contributed by atoms with van der Waals surface area (Å²) in [5, 5.41) is 2.99. The summed E-state index contributed by atoms with van der Waals surface area (Å²) in [5.74, 6) is -0.668. The molecular weight excluding hydrogens is 482 g/mol. The lowest BCUT2D eigenvalue weighted by molar-refractivity contribution is -0.143. The van der Waals surface area contributed by atoms with Gasteiger partial charge in [-0.15, -0.1) is 0 Å². The lowest BCUT2D eigenvalue weighted by Crippen LogP contribution is -2.42. The Morgan fingerprint density at radius 2 is 1.31 bits per heavy atom. The molecule has 0 atom stereocenters. The van der Waals surface area contributed by atoms with E-state index in [1.807, 2.05) is 43.3 Å². The number of nitrogens with zero attached hydrogens (tertiary/aromatic N) is 1. The van der Waals surface area contributed by atoms with Gasteiger partial charge < -0.3 is 10.2 Å². The van der Waals surface area contributed by atoms with Crippen LogP contribution in [0.2, 0.25) is 0 Å². The highest BCUT2D eigenvalue weighted by molar-refractivity contribution is 6.03. The molecule has 9 heteroatoms. The van der Waals surface area contributed by atoms with Gasteiger partial charge >= 0.3 is 12.4 Å². The number of alkyl halides is 6. The molecule has 0 spiro atoms. The number of benzene rings is 3. The van der Waals surface area contributed by atoms with Crippen molar-refractivity contribution in [3.63, 3.8) is 0 Å². The van der Waals surface area contributed by atoms with Gasteiger partial charge in [0.25, 0.3) is 0 Å². The first kappa shape index (κ1) is 27.1. The van der Waals surface area contributed by atoms with Gasteiger partial charge in [-0.2, -0.15) is 26.3 Å². The smallest absolute Gasteiger partial charge is 0.388 e. The van der Waals surface area contributed by atoms with Gasteiger partial charge in [0.05, 0.1) is 22.2 Å². The SMILES string of the molecule is CNc1ccc(-c2ccccc2C)c(N(C)C(=O)C(C)(C)c2cc(C(F)(F)F)cc(C(F)(F)F)c2)c1. The maximum absolute atomic E-state index is 13.7. The van der Waals surface area contributed by atoms with Gasteiger partial charge in [-0.3, -0.25) is 4.79 Å². The van der Waals surface area contributed by atoms with Crippen LogP contribution < -0.4 is 10.2 Å². The van der Waals surface area contributed by atoms with E-state index in [1.165, 1.54) is 25.8 Å². The van der Waals surface area contributed by atoms with E-state index >= 15 is 0 Å². The van der Waals surface area contributed by atoms with Gasteiger partial charge in [0.15, 0.2) is 0 Å². The van der Waals surface area contributed by atoms with Crippen molar-refractivity contribution in [3.8, 4) is 11.1 Å². The highest BCUT2D eigenvalue weighted by atomic mass is 19.4. The second-order valence-corrected chi connectivity index (χ2v) is 9.08. The first-order valence-electron chi connectivity index (χ1n) is 11.0. The fraction of sp³-hybridized carbons (Fsp3) is 0.296. The summed E-state index contributed by atoms with van der Waals surface area (Å²) in [6.45, 7) is 4.53. The van der Waals surface area contributed by atoms with Crippen molar-refractivity contribution in [2.45, 2.75) is 38.5 Å². The van der Waals surface area contributed by atoms with Crippen molar-refractivity contribution < 1.29 is 31.1 Å². The fourth-order valence-corrected chi connectivity index (χ4v) is 4.04. The fourth-order valence-electron chi connectivity index (χ4n) is 4.04. The molecular formula is C27H26F6N2O. The molecule has 0 saturated carbocycles. The summed E-state index contributed by atoms with van der Waals surface area (Å²) < 4.78 is 80.6. The molecule has 0 bridgehead atoms. The molecule has 3 rings (SSSR count). The van der Waals surface area contributed by atoms with Crippen molar-refractivity contribution in [2.75, 3.05) is 24.3 Å². The molecule has 0 aliphatic heterocycles. The number of carbonyl (C=O) groups is 1. The first-order chi connectivity index (χ1) is 16.6. The highest BCUT2D eigenvalue weighted by Gasteiger charge is 2.41. The molecule has 0 unspecified atom stereocenters. The lowest BCUT2D eigenvalue weighted by atomic mass is 9.81. The summed E-state index contributed by atoms with van der Waals surface area (Å²) in [4.78, 5) is 15.0. The average molecular weight is 509 g/mol. The summed E-state index contributed by atoms with van der Waals surface area (Å²) >= 11 is 0. The Morgan fingerprint density at radius 3 is 1.81 bits per heavy atom. The zero-order valence-electron chi connectivity index (χ0n) is 20.4. The molecule has 0 saturated heterocycles. The van der Waals surface area contributed by atoms with Crippen LogP contribution in [-0.2, 0) is 22.6 Å². The number of likely N-dealkylation sites (N-methyl/N-ethyl adjacent to an activating group) is 1. The highest BCUT2D eigenvalue weighted by Crippen LogP contribution is 2.41. The Kier molecular flexibility index (Phi) is 7.17. The van der Waals surface area contributed by atoms with E-state index in [9.17, 15) is 31.1 Å². The summed E-state index contributed by atoms with van der Waals surface area (Å²) in [6.07, 6.45) is -10.0. The predicted octanol–water partition coefficient (Wildman–Crippen LogP) is 7.68. The Bertz CT molecular complexity index is 1250. The monoisotopic (exact) mass is 508 g/mol. The van der Waals surface area contributed by atoms with Gasteiger partial charge in [0.2, 0.25) is 5.91 Å². The van der Waals surface area contributed by atoms with Crippen LogP contribution in [0.25, 0.3) is 11.1 Å². The van der Waals surface area contributed by atoms with E-state index in [0.717, 1.165) is 11.1 Å². The summed E-state index contributed by atoms with van der Waals surface area (Å²) in [6, 6.07) is 14.1. The standard InChI is InChI=1S/C27H26F6N2O/c1-16-8-6-7-9-21(16)22-11-10-20(34-4)15-23(22)35(5)24(36)25(2,3)17-12-18(26(28,29)30)14-19(13-17)27(31,32)33/h6-15,34H,1-5H3. The van der Waals surface area contributed by atoms with Crippen LogP contribution in [0.15, 0.2) is 60.7 Å². The number of carbonyl (C=O) groups excluding carboxylic acids is 1. The number of anilines is 2. The third-order valence-corrected chi connectivity index (χ3v) is 6.23. The minimum Gasteiger partial charge on any atom is -0.388 e. The van der Waals surface area contributed by atoms with Crippen LogP contribution in [0.4, 0.5) is 37.7 Å². The second kappa shape index (κ2) is 9.52. The maximum Gasteiger partial charge on any atom is 0.416 e. The number of hydrogen-bond acceptors (Lipinski definition) is 2. The van der Waals surface area contributed by atoms with Crippen molar-refractivity contribution in [2.24, 2.45) is 0 Å². The topological polar surface area (TPSA) is 32.3 Å². The number of amides is 1. The van der Waals surface area contributed by atoms with Gasteiger partial charge in [-0.25, -0.2) is 0 Å². The molecule has 36 heavy (non-hydrogen) atoms. The lowest BCUT2D eigenvalue weighted by Gasteiger charge is -2.32. The van der Waals surface area contributed by atoms with E-state index in [2.05, 4.69) is 5.32 Å². The van der Waals surface area contributed by atoms with Crippen LogP contribution in [0.3, 0.4) is 0 Å². The zero-order chi connectivity index (χ0) is 27.1. The molecule has 0 fully saturated rings. The minimum atomic E-state index is -5.01. The number of nitrogens with one attached hydrogen (secondary N) is 1. The van der Waals surface area contributed by atoms with E-state index in [1.54, 1.807) is 13.1 Å². The van der Waals surface area contributed by atoms with Gasteiger partial charge in [-0.1, -0.05) is 30.3 Å². The molecule has 1 amide bonds. The van der Waals surface area contributed by atoms with E-state index in [0.29, 0.717) is 29.1 Å². The summed E-state index contributed by atoms with van der Waals surface area (Å²) in [5.41, 5.74) is -1.43. The van der Waals surface area contributed by atoms with Crippen LogP contribution in [0.5, 0.6) is 0 Å². The van der Waals surface area contributed by atoms with Gasteiger partial charge in [-0.05, 0) is 67.8 Å².